The van der Waals surface area contributed by atoms with Gasteiger partial charge >= 0.3 is 0 Å². The zero-order valence-corrected chi connectivity index (χ0v) is 10.9. The zero-order chi connectivity index (χ0) is 11.8. The maximum absolute atomic E-state index is 5.61. The topological polar surface area (TPSA) is 17.8 Å². The number of hydrogen-bond acceptors (Lipinski definition) is 2. The fraction of sp³-hybridized carbons (Fsp3) is 0.429. The summed E-state index contributed by atoms with van der Waals surface area (Å²) in [7, 11) is 0. The molecule has 0 bridgehead atoms. The molecule has 0 saturated carbocycles. The Labute approximate surface area is 106 Å². The van der Waals surface area contributed by atoms with E-state index in [1.54, 1.807) is 0 Å². The smallest absolute Gasteiger partial charge is 0.116 e. The van der Waals surface area contributed by atoms with Gasteiger partial charge in [0.15, 0.2) is 0 Å². The number of rotatable bonds is 0. The monoisotopic (exact) mass is 244 g/mol. The van der Waals surface area contributed by atoms with E-state index in [1.165, 1.54) is 30.7 Å². The van der Waals surface area contributed by atoms with Gasteiger partial charge in [0.1, 0.15) is 10.5 Å². The lowest BCUT2D eigenvalue weighted by Crippen LogP contribution is -2.08. The van der Waals surface area contributed by atoms with Gasteiger partial charge in [0, 0.05) is 18.4 Å². The molecular formula is C14H16N2S. The van der Waals surface area contributed by atoms with E-state index >= 15 is 0 Å². The first-order valence-electron chi connectivity index (χ1n) is 6.26. The highest BCUT2D eigenvalue weighted by Gasteiger charge is 2.11. The molecule has 3 rings (SSSR count). The maximum atomic E-state index is 5.61. The summed E-state index contributed by atoms with van der Waals surface area (Å²) in [5, 5.41) is 1.12. The van der Waals surface area contributed by atoms with E-state index in [9.17, 15) is 0 Å². The molecule has 2 heterocycles. The first-order chi connectivity index (χ1) is 8.25. The number of fused-ring (bicyclic) bond motifs is 2. The highest BCUT2D eigenvalue weighted by atomic mass is 32.1. The average molecular weight is 244 g/mol. The van der Waals surface area contributed by atoms with Crippen molar-refractivity contribution in [2.24, 2.45) is 0 Å². The Bertz CT molecular complexity index is 628. The van der Waals surface area contributed by atoms with Gasteiger partial charge in [0.05, 0.1) is 5.52 Å². The minimum Gasteiger partial charge on any atom is -0.320 e. The SMILES string of the molecule is Cc1ccc2c(=S)n3c(nc2c1)CCCCC3. The molecule has 88 valence electrons. The van der Waals surface area contributed by atoms with Crippen molar-refractivity contribution in [3.63, 3.8) is 0 Å². The van der Waals surface area contributed by atoms with E-state index in [1.807, 2.05) is 0 Å². The minimum absolute atomic E-state index is 0.965. The Balaban J connectivity index is 2.33. The molecular weight excluding hydrogens is 228 g/mol. The van der Waals surface area contributed by atoms with Crippen LogP contribution >= 0.6 is 12.2 Å². The first-order valence-corrected chi connectivity index (χ1v) is 6.66. The molecule has 1 aromatic carbocycles. The first kappa shape index (κ1) is 10.9. The van der Waals surface area contributed by atoms with Crippen molar-refractivity contribution in [3.8, 4) is 0 Å². The summed E-state index contributed by atoms with van der Waals surface area (Å²) in [5.74, 6) is 1.17. The quantitative estimate of drug-likeness (QED) is 0.656. The van der Waals surface area contributed by atoms with E-state index in [-0.39, 0.29) is 0 Å². The summed E-state index contributed by atoms with van der Waals surface area (Å²) in [4.78, 5) is 4.79. The van der Waals surface area contributed by atoms with Crippen molar-refractivity contribution in [2.75, 3.05) is 0 Å². The predicted molar refractivity (Wildman–Crippen MR) is 72.9 cm³/mol. The fourth-order valence-corrected chi connectivity index (χ4v) is 2.90. The molecule has 1 aliphatic heterocycles. The van der Waals surface area contributed by atoms with Crippen LogP contribution in [0.25, 0.3) is 10.9 Å². The van der Waals surface area contributed by atoms with Crippen molar-refractivity contribution in [1.29, 1.82) is 0 Å². The van der Waals surface area contributed by atoms with Crippen LogP contribution in [0.4, 0.5) is 0 Å². The molecule has 0 spiro atoms. The van der Waals surface area contributed by atoms with Crippen LogP contribution in [0.3, 0.4) is 0 Å². The van der Waals surface area contributed by atoms with Crippen molar-refractivity contribution >= 4 is 23.1 Å². The summed E-state index contributed by atoms with van der Waals surface area (Å²) in [6.07, 6.45) is 4.81. The Hall–Kier alpha value is -1.22. The van der Waals surface area contributed by atoms with Crippen molar-refractivity contribution in [3.05, 3.63) is 34.2 Å². The summed E-state index contributed by atoms with van der Waals surface area (Å²) in [5.41, 5.74) is 2.31. The Morgan fingerprint density at radius 1 is 1.24 bits per heavy atom. The maximum Gasteiger partial charge on any atom is 0.116 e. The lowest BCUT2D eigenvalue weighted by atomic mass is 10.1. The average Bonchev–Trinajstić information content (AvgIpc) is 2.54. The fourth-order valence-electron chi connectivity index (χ4n) is 2.53. The van der Waals surface area contributed by atoms with Gasteiger partial charge in [-0.05, 0) is 37.5 Å². The molecule has 0 fully saturated rings. The van der Waals surface area contributed by atoms with E-state index in [2.05, 4.69) is 29.7 Å². The second kappa shape index (κ2) is 4.22. The molecule has 0 atom stereocenters. The number of nitrogens with zero attached hydrogens (tertiary/aromatic N) is 2. The number of aryl methyl sites for hydroxylation is 2. The van der Waals surface area contributed by atoms with Crippen LogP contribution in [-0.4, -0.2) is 9.55 Å². The van der Waals surface area contributed by atoms with Gasteiger partial charge in [-0.3, -0.25) is 0 Å². The van der Waals surface area contributed by atoms with Crippen LogP contribution in [0.15, 0.2) is 18.2 Å². The van der Waals surface area contributed by atoms with Crippen LogP contribution in [-0.2, 0) is 13.0 Å². The lowest BCUT2D eigenvalue weighted by Gasteiger charge is -2.12. The summed E-state index contributed by atoms with van der Waals surface area (Å²) >= 11 is 5.61. The second-order valence-electron chi connectivity index (χ2n) is 4.82. The number of hydrogen-bond donors (Lipinski definition) is 0. The summed E-state index contributed by atoms with van der Waals surface area (Å²) in [6, 6.07) is 6.36. The van der Waals surface area contributed by atoms with Gasteiger partial charge < -0.3 is 4.57 Å². The largest absolute Gasteiger partial charge is 0.320 e. The number of aromatic nitrogens is 2. The van der Waals surface area contributed by atoms with Crippen molar-refractivity contribution in [1.82, 2.24) is 9.55 Å². The molecule has 0 N–H and O–H groups in total. The molecule has 2 nitrogen and oxygen atoms in total. The molecule has 0 aliphatic carbocycles. The molecule has 2 aromatic rings. The van der Waals surface area contributed by atoms with Crippen LogP contribution in [0, 0.1) is 11.6 Å². The molecule has 0 amide bonds. The van der Waals surface area contributed by atoms with Gasteiger partial charge in [-0.15, -0.1) is 0 Å². The third-order valence-electron chi connectivity index (χ3n) is 3.47. The minimum atomic E-state index is 0.965. The molecule has 17 heavy (non-hydrogen) atoms. The summed E-state index contributed by atoms with van der Waals surface area (Å²) in [6.45, 7) is 3.13. The van der Waals surface area contributed by atoms with Crippen LogP contribution in [0.5, 0.6) is 0 Å². The van der Waals surface area contributed by atoms with E-state index in [0.29, 0.717) is 0 Å². The molecule has 1 aromatic heterocycles. The third kappa shape index (κ3) is 1.89. The van der Waals surface area contributed by atoms with Gasteiger partial charge in [-0.1, -0.05) is 24.7 Å². The predicted octanol–water partition coefficient (Wildman–Crippen LogP) is 3.80. The van der Waals surface area contributed by atoms with Gasteiger partial charge in [-0.2, -0.15) is 0 Å². The van der Waals surface area contributed by atoms with Crippen LogP contribution in [0.1, 0.15) is 30.7 Å². The molecule has 0 unspecified atom stereocenters. The van der Waals surface area contributed by atoms with Crippen molar-refractivity contribution < 1.29 is 0 Å². The van der Waals surface area contributed by atoms with Crippen LogP contribution in [0.2, 0.25) is 0 Å². The standard InChI is InChI=1S/C14H16N2S/c1-10-6-7-11-12(9-10)15-13-5-3-2-4-8-16(13)14(11)17/h6-7,9H,2-5,8H2,1H3. The van der Waals surface area contributed by atoms with Crippen molar-refractivity contribution in [2.45, 2.75) is 39.2 Å². The third-order valence-corrected chi connectivity index (χ3v) is 3.91. The van der Waals surface area contributed by atoms with Gasteiger partial charge in [0.2, 0.25) is 0 Å². The molecule has 1 aliphatic rings. The van der Waals surface area contributed by atoms with Gasteiger partial charge in [0.25, 0.3) is 0 Å². The molecule has 0 saturated heterocycles. The Morgan fingerprint density at radius 2 is 2.12 bits per heavy atom. The Kier molecular flexibility index (Phi) is 2.71. The van der Waals surface area contributed by atoms with E-state index in [4.69, 9.17) is 17.2 Å². The molecule has 0 radical (unpaired) electrons. The highest BCUT2D eigenvalue weighted by Crippen LogP contribution is 2.21. The van der Waals surface area contributed by atoms with Gasteiger partial charge in [-0.25, -0.2) is 4.98 Å². The summed E-state index contributed by atoms with van der Waals surface area (Å²) < 4.78 is 3.20. The Morgan fingerprint density at radius 3 is 3.00 bits per heavy atom. The molecule has 3 heteroatoms. The van der Waals surface area contributed by atoms with Crippen LogP contribution < -0.4 is 0 Å². The lowest BCUT2D eigenvalue weighted by molar-refractivity contribution is 0.623. The normalized spacial score (nSPS) is 15.6. The van der Waals surface area contributed by atoms with E-state index < -0.39 is 0 Å². The van der Waals surface area contributed by atoms with E-state index in [0.717, 1.165) is 28.5 Å². The number of benzene rings is 1. The second-order valence-corrected chi connectivity index (χ2v) is 5.20. The zero-order valence-electron chi connectivity index (χ0n) is 10.1. The highest BCUT2D eigenvalue weighted by molar-refractivity contribution is 7.71.